The molecule has 1 rings (SSSR count). The van der Waals surface area contributed by atoms with Crippen LogP contribution in [0, 0.1) is 0 Å². The second-order valence-electron chi connectivity index (χ2n) is 3.05. The summed E-state index contributed by atoms with van der Waals surface area (Å²) in [4.78, 5) is 3.68. The van der Waals surface area contributed by atoms with Crippen LogP contribution in [0.5, 0.6) is 0 Å². The first-order valence-corrected chi connectivity index (χ1v) is 4.16. The second-order valence-corrected chi connectivity index (χ2v) is 3.05. The van der Waals surface area contributed by atoms with Gasteiger partial charge in [-0.2, -0.15) is 13.2 Å². The number of aromatic nitrogens is 1. The minimum Gasteiger partial charge on any atom is -0.384 e. The van der Waals surface area contributed by atoms with Gasteiger partial charge in [-0.3, -0.25) is 5.84 Å². The van der Waals surface area contributed by atoms with E-state index in [9.17, 15) is 13.2 Å². The van der Waals surface area contributed by atoms with Crippen LogP contribution in [0.25, 0.3) is 0 Å². The van der Waals surface area contributed by atoms with Crippen LogP contribution in [0.1, 0.15) is 5.56 Å². The smallest absolute Gasteiger partial charge is 0.384 e. The Balaban J connectivity index is 2.76. The summed E-state index contributed by atoms with van der Waals surface area (Å²) in [5.41, 5.74) is 7.50. The highest BCUT2D eigenvalue weighted by molar-refractivity contribution is 5.32. The van der Waals surface area contributed by atoms with E-state index in [4.69, 9.17) is 11.6 Å². The highest BCUT2D eigenvalue weighted by Gasteiger charge is 2.38. The molecule has 0 bridgehead atoms. The molecule has 15 heavy (non-hydrogen) atoms. The van der Waals surface area contributed by atoms with E-state index < -0.39 is 12.2 Å². The molecule has 7 heteroatoms. The SMILES string of the molecule is NNC(Cc1ccnc(N)c1)C(F)(F)F. The lowest BCUT2D eigenvalue weighted by Crippen LogP contribution is -2.47. The lowest BCUT2D eigenvalue weighted by molar-refractivity contribution is -0.155. The Morgan fingerprint density at radius 1 is 1.47 bits per heavy atom. The second kappa shape index (κ2) is 4.45. The lowest BCUT2D eigenvalue weighted by atomic mass is 10.1. The number of pyridine rings is 1. The molecule has 0 fully saturated rings. The predicted octanol–water partition coefficient (Wildman–Crippen LogP) is 0.600. The zero-order chi connectivity index (χ0) is 11.5. The van der Waals surface area contributed by atoms with Gasteiger partial charge in [0.25, 0.3) is 0 Å². The van der Waals surface area contributed by atoms with Gasteiger partial charge in [0.05, 0.1) is 0 Å². The Morgan fingerprint density at radius 2 is 2.13 bits per heavy atom. The van der Waals surface area contributed by atoms with E-state index in [-0.39, 0.29) is 12.2 Å². The average Bonchev–Trinajstić information content (AvgIpc) is 2.12. The van der Waals surface area contributed by atoms with E-state index in [1.165, 1.54) is 18.3 Å². The van der Waals surface area contributed by atoms with Crippen molar-refractivity contribution in [1.82, 2.24) is 10.4 Å². The molecular weight excluding hydrogens is 209 g/mol. The van der Waals surface area contributed by atoms with Crippen molar-refractivity contribution in [3.63, 3.8) is 0 Å². The maximum Gasteiger partial charge on any atom is 0.405 e. The fourth-order valence-electron chi connectivity index (χ4n) is 1.13. The molecule has 0 spiro atoms. The Labute approximate surface area is 84.4 Å². The van der Waals surface area contributed by atoms with Gasteiger partial charge in [0.15, 0.2) is 0 Å². The van der Waals surface area contributed by atoms with Crippen molar-refractivity contribution in [3.05, 3.63) is 23.9 Å². The molecule has 1 aromatic heterocycles. The first kappa shape index (κ1) is 11.7. The van der Waals surface area contributed by atoms with Crippen molar-refractivity contribution in [2.45, 2.75) is 18.6 Å². The fraction of sp³-hybridized carbons (Fsp3) is 0.375. The number of hydrogen-bond acceptors (Lipinski definition) is 4. The third kappa shape index (κ3) is 3.37. The van der Waals surface area contributed by atoms with Crippen LogP contribution in [0.2, 0.25) is 0 Å². The highest BCUT2D eigenvalue weighted by Crippen LogP contribution is 2.22. The fourth-order valence-corrected chi connectivity index (χ4v) is 1.13. The summed E-state index contributed by atoms with van der Waals surface area (Å²) in [6.07, 6.45) is -3.30. The molecular formula is C8H11F3N4. The summed E-state index contributed by atoms with van der Waals surface area (Å²) < 4.78 is 37.0. The average molecular weight is 220 g/mol. The monoisotopic (exact) mass is 220 g/mol. The molecule has 0 saturated carbocycles. The summed E-state index contributed by atoms with van der Waals surface area (Å²) in [6, 6.07) is 1.07. The van der Waals surface area contributed by atoms with E-state index in [2.05, 4.69) is 4.98 Å². The van der Waals surface area contributed by atoms with Crippen LogP contribution in [0.15, 0.2) is 18.3 Å². The standard InChI is InChI=1S/C8H11F3N4/c9-8(10,11)6(15-13)3-5-1-2-14-7(12)4-5/h1-2,4,6,15H,3,13H2,(H2,12,14). The van der Waals surface area contributed by atoms with E-state index in [0.29, 0.717) is 5.56 Å². The van der Waals surface area contributed by atoms with Crippen LogP contribution < -0.4 is 17.0 Å². The summed E-state index contributed by atoms with van der Waals surface area (Å²) in [5, 5.41) is 0. The molecule has 0 aliphatic rings. The lowest BCUT2D eigenvalue weighted by Gasteiger charge is -2.19. The molecule has 0 aliphatic heterocycles. The van der Waals surface area contributed by atoms with Gasteiger partial charge in [-0.25, -0.2) is 10.4 Å². The minimum absolute atomic E-state index is 0.186. The van der Waals surface area contributed by atoms with Crippen LogP contribution in [-0.2, 0) is 6.42 Å². The van der Waals surface area contributed by atoms with Gasteiger partial charge in [-0.1, -0.05) is 0 Å². The largest absolute Gasteiger partial charge is 0.405 e. The molecule has 5 N–H and O–H groups in total. The number of hydrogen-bond donors (Lipinski definition) is 3. The molecule has 1 atom stereocenters. The zero-order valence-electron chi connectivity index (χ0n) is 7.75. The van der Waals surface area contributed by atoms with Crippen molar-refractivity contribution in [3.8, 4) is 0 Å². The Morgan fingerprint density at radius 3 is 2.60 bits per heavy atom. The minimum atomic E-state index is -4.38. The number of rotatable bonds is 3. The van der Waals surface area contributed by atoms with E-state index in [0.717, 1.165) is 0 Å². The number of anilines is 1. The van der Waals surface area contributed by atoms with Gasteiger partial charge in [0.2, 0.25) is 0 Å². The number of nitrogen functional groups attached to an aromatic ring is 1. The molecule has 0 amide bonds. The third-order valence-electron chi connectivity index (χ3n) is 1.88. The Hall–Kier alpha value is -1.34. The molecule has 84 valence electrons. The van der Waals surface area contributed by atoms with Gasteiger partial charge in [0, 0.05) is 6.20 Å². The molecule has 1 unspecified atom stereocenters. The first-order chi connectivity index (χ1) is 6.93. The van der Waals surface area contributed by atoms with E-state index in [1.54, 1.807) is 5.43 Å². The summed E-state index contributed by atoms with van der Waals surface area (Å²) in [6.45, 7) is 0. The third-order valence-corrected chi connectivity index (χ3v) is 1.88. The summed E-state index contributed by atoms with van der Waals surface area (Å²) in [7, 11) is 0. The number of halogens is 3. The molecule has 4 nitrogen and oxygen atoms in total. The predicted molar refractivity (Wildman–Crippen MR) is 49.5 cm³/mol. The molecule has 0 aliphatic carbocycles. The maximum atomic E-state index is 12.3. The van der Waals surface area contributed by atoms with Gasteiger partial charge < -0.3 is 5.73 Å². The van der Waals surface area contributed by atoms with Gasteiger partial charge in [-0.05, 0) is 24.1 Å². The normalized spacial score (nSPS) is 13.9. The van der Waals surface area contributed by atoms with Gasteiger partial charge >= 0.3 is 6.18 Å². The molecule has 0 radical (unpaired) electrons. The Kier molecular flexibility index (Phi) is 3.48. The topological polar surface area (TPSA) is 77.0 Å². The van der Waals surface area contributed by atoms with E-state index in [1.807, 2.05) is 0 Å². The van der Waals surface area contributed by atoms with Crippen molar-refractivity contribution in [2.75, 3.05) is 5.73 Å². The Bertz CT molecular complexity index is 326. The zero-order valence-corrected chi connectivity index (χ0v) is 7.75. The number of alkyl halides is 3. The van der Waals surface area contributed by atoms with Crippen LogP contribution in [-0.4, -0.2) is 17.2 Å². The van der Waals surface area contributed by atoms with Crippen molar-refractivity contribution < 1.29 is 13.2 Å². The van der Waals surface area contributed by atoms with E-state index >= 15 is 0 Å². The maximum absolute atomic E-state index is 12.3. The van der Waals surface area contributed by atoms with Crippen LogP contribution in [0.3, 0.4) is 0 Å². The number of nitrogens with one attached hydrogen (secondary N) is 1. The number of nitrogens with two attached hydrogens (primary N) is 2. The highest BCUT2D eigenvalue weighted by atomic mass is 19.4. The molecule has 0 aromatic carbocycles. The first-order valence-electron chi connectivity index (χ1n) is 4.16. The quantitative estimate of drug-likeness (QED) is 0.515. The summed E-state index contributed by atoms with van der Waals surface area (Å²) >= 11 is 0. The molecule has 0 saturated heterocycles. The van der Waals surface area contributed by atoms with Crippen LogP contribution >= 0.6 is 0 Å². The van der Waals surface area contributed by atoms with Crippen LogP contribution in [0.4, 0.5) is 19.0 Å². The van der Waals surface area contributed by atoms with Crippen molar-refractivity contribution in [1.29, 1.82) is 0 Å². The molecule has 1 aromatic rings. The summed E-state index contributed by atoms with van der Waals surface area (Å²) in [5.74, 6) is 5.01. The molecule has 1 heterocycles. The number of hydrazine groups is 1. The van der Waals surface area contributed by atoms with Crippen molar-refractivity contribution in [2.24, 2.45) is 5.84 Å². The number of nitrogens with zero attached hydrogens (tertiary/aromatic N) is 1. The van der Waals surface area contributed by atoms with Gasteiger partial charge in [0.1, 0.15) is 11.9 Å². The van der Waals surface area contributed by atoms with Gasteiger partial charge in [-0.15, -0.1) is 0 Å². The van der Waals surface area contributed by atoms with Crippen molar-refractivity contribution >= 4 is 5.82 Å².